The van der Waals surface area contributed by atoms with E-state index in [1.807, 2.05) is 0 Å². The van der Waals surface area contributed by atoms with Gasteiger partial charge in [0.05, 0.1) is 6.10 Å². The lowest BCUT2D eigenvalue weighted by atomic mass is 10.4. The zero-order valence-corrected chi connectivity index (χ0v) is 9.60. The van der Waals surface area contributed by atoms with Crippen molar-refractivity contribution in [2.75, 3.05) is 6.61 Å². The number of hydrogen-bond donors (Lipinski definition) is 0. The van der Waals surface area contributed by atoms with E-state index in [1.54, 1.807) is 43.8 Å². The molecule has 5 heteroatoms. The summed E-state index contributed by atoms with van der Waals surface area (Å²) in [4.78, 5) is 22.6. The predicted molar refractivity (Wildman–Crippen MR) is 56.9 cm³/mol. The summed E-state index contributed by atoms with van der Waals surface area (Å²) in [6.07, 6.45) is 1.52. The van der Waals surface area contributed by atoms with Crippen molar-refractivity contribution in [2.45, 2.75) is 20.0 Å². The smallest absolute Gasteiger partial charge is 0.355 e. The minimum Gasteiger partial charge on any atom is -0.460 e. The number of hydrogen-bond acceptors (Lipinski definition) is 4. The Morgan fingerprint density at radius 1 is 1.44 bits per heavy atom. The van der Waals surface area contributed by atoms with Gasteiger partial charge in [-0.3, -0.25) is 0 Å². The van der Waals surface area contributed by atoms with Crippen molar-refractivity contribution < 1.29 is 19.1 Å². The van der Waals surface area contributed by atoms with Crippen molar-refractivity contribution >= 4 is 11.9 Å². The molecule has 0 saturated heterocycles. The fraction of sp³-hybridized carbons (Fsp3) is 0.455. The lowest BCUT2D eigenvalue weighted by Crippen LogP contribution is -2.20. The van der Waals surface area contributed by atoms with Crippen molar-refractivity contribution in [3.8, 4) is 0 Å². The summed E-state index contributed by atoms with van der Waals surface area (Å²) in [6, 6.07) is 3.35. The van der Waals surface area contributed by atoms with E-state index >= 15 is 0 Å². The molecule has 1 heterocycles. The Balaban J connectivity index is 2.42. The van der Waals surface area contributed by atoms with Gasteiger partial charge in [-0.05, 0) is 26.0 Å². The monoisotopic (exact) mass is 225 g/mol. The van der Waals surface area contributed by atoms with E-state index in [0.717, 1.165) is 0 Å². The van der Waals surface area contributed by atoms with Gasteiger partial charge in [0.15, 0.2) is 6.61 Å². The maximum absolute atomic E-state index is 11.5. The first kappa shape index (κ1) is 12.3. The van der Waals surface area contributed by atoms with Gasteiger partial charge in [0.25, 0.3) is 0 Å². The van der Waals surface area contributed by atoms with E-state index in [0.29, 0.717) is 5.69 Å². The molecule has 1 aromatic heterocycles. The van der Waals surface area contributed by atoms with Crippen molar-refractivity contribution in [1.29, 1.82) is 0 Å². The Kier molecular flexibility index (Phi) is 4.10. The van der Waals surface area contributed by atoms with Gasteiger partial charge >= 0.3 is 11.9 Å². The molecule has 88 valence electrons. The first-order chi connectivity index (χ1) is 7.50. The molecule has 0 aromatic carbocycles. The Hall–Kier alpha value is -1.78. The van der Waals surface area contributed by atoms with Gasteiger partial charge in [-0.2, -0.15) is 0 Å². The average Bonchev–Trinajstić information content (AvgIpc) is 2.60. The quantitative estimate of drug-likeness (QED) is 0.721. The Labute approximate surface area is 94.0 Å². The van der Waals surface area contributed by atoms with Crippen LogP contribution in [-0.2, 0) is 21.3 Å². The van der Waals surface area contributed by atoms with Crippen molar-refractivity contribution in [1.82, 2.24) is 4.57 Å². The zero-order chi connectivity index (χ0) is 12.1. The second kappa shape index (κ2) is 5.34. The highest BCUT2D eigenvalue weighted by atomic mass is 16.6. The van der Waals surface area contributed by atoms with Crippen molar-refractivity contribution in [2.24, 2.45) is 7.05 Å². The largest absolute Gasteiger partial charge is 0.460 e. The van der Waals surface area contributed by atoms with Crippen molar-refractivity contribution in [3.63, 3.8) is 0 Å². The maximum Gasteiger partial charge on any atom is 0.355 e. The number of rotatable bonds is 4. The number of nitrogens with zero attached hydrogens (tertiary/aromatic N) is 1. The lowest BCUT2D eigenvalue weighted by Gasteiger charge is -2.08. The molecule has 0 unspecified atom stereocenters. The fourth-order valence-electron chi connectivity index (χ4n) is 1.17. The van der Waals surface area contributed by atoms with E-state index in [9.17, 15) is 9.59 Å². The first-order valence-electron chi connectivity index (χ1n) is 4.98. The topological polar surface area (TPSA) is 57.5 Å². The van der Waals surface area contributed by atoms with Crippen LogP contribution in [-0.4, -0.2) is 29.2 Å². The highest BCUT2D eigenvalue weighted by Gasteiger charge is 2.13. The minimum absolute atomic E-state index is 0.207. The van der Waals surface area contributed by atoms with Crippen LogP contribution in [0.5, 0.6) is 0 Å². The normalized spacial score (nSPS) is 10.2. The molecular weight excluding hydrogens is 210 g/mol. The lowest BCUT2D eigenvalue weighted by molar-refractivity contribution is -0.151. The van der Waals surface area contributed by atoms with Gasteiger partial charge in [-0.25, -0.2) is 9.59 Å². The highest BCUT2D eigenvalue weighted by Crippen LogP contribution is 2.02. The average molecular weight is 225 g/mol. The molecule has 0 spiro atoms. The molecule has 0 aliphatic rings. The summed E-state index contributed by atoms with van der Waals surface area (Å²) in [6.45, 7) is 3.11. The van der Waals surface area contributed by atoms with Crippen LogP contribution in [0.2, 0.25) is 0 Å². The SMILES string of the molecule is CC(C)OC(=O)COC(=O)c1cccn1C. The number of carbonyl (C=O) groups excluding carboxylic acids is 2. The molecule has 0 amide bonds. The summed E-state index contributed by atoms with van der Waals surface area (Å²) in [5, 5.41) is 0. The van der Waals surface area contributed by atoms with E-state index in [2.05, 4.69) is 0 Å². The third-order valence-electron chi connectivity index (χ3n) is 1.84. The van der Waals surface area contributed by atoms with Crippen LogP contribution in [0.3, 0.4) is 0 Å². The van der Waals surface area contributed by atoms with Gasteiger partial charge in [-0.15, -0.1) is 0 Å². The van der Waals surface area contributed by atoms with E-state index in [1.165, 1.54) is 0 Å². The molecule has 0 fully saturated rings. The number of carbonyl (C=O) groups is 2. The van der Waals surface area contributed by atoms with Gasteiger partial charge < -0.3 is 14.0 Å². The predicted octanol–water partition coefficient (Wildman–Crippen LogP) is 1.13. The summed E-state index contributed by atoms with van der Waals surface area (Å²) in [5.74, 6) is -1.08. The first-order valence-corrected chi connectivity index (χ1v) is 4.98. The van der Waals surface area contributed by atoms with Crippen LogP contribution in [0.1, 0.15) is 24.3 Å². The Morgan fingerprint density at radius 3 is 2.62 bits per heavy atom. The minimum atomic E-state index is -0.544. The van der Waals surface area contributed by atoms with Gasteiger partial charge in [0.1, 0.15) is 5.69 Å². The number of ether oxygens (including phenoxy) is 2. The van der Waals surface area contributed by atoms with Crippen LogP contribution in [0, 0.1) is 0 Å². The summed E-state index contributed by atoms with van der Waals surface area (Å²) in [5.41, 5.74) is 0.400. The van der Waals surface area contributed by atoms with Crippen molar-refractivity contribution in [3.05, 3.63) is 24.0 Å². The van der Waals surface area contributed by atoms with Crippen LogP contribution in [0.4, 0.5) is 0 Å². The number of aryl methyl sites for hydroxylation is 1. The molecule has 0 bridgehead atoms. The molecule has 16 heavy (non-hydrogen) atoms. The molecule has 0 radical (unpaired) electrons. The third kappa shape index (κ3) is 3.42. The molecule has 0 aliphatic heterocycles. The summed E-state index contributed by atoms with van der Waals surface area (Å²) in [7, 11) is 1.73. The van der Waals surface area contributed by atoms with E-state index in [-0.39, 0.29) is 12.7 Å². The third-order valence-corrected chi connectivity index (χ3v) is 1.84. The Morgan fingerprint density at radius 2 is 2.12 bits per heavy atom. The molecule has 1 rings (SSSR count). The van der Waals surface area contributed by atoms with E-state index in [4.69, 9.17) is 9.47 Å². The standard InChI is InChI=1S/C11H15NO4/c1-8(2)16-10(13)7-15-11(14)9-5-4-6-12(9)3/h4-6,8H,7H2,1-3H3. The summed E-state index contributed by atoms with van der Waals surface area (Å²) < 4.78 is 11.2. The van der Waals surface area contributed by atoms with E-state index < -0.39 is 11.9 Å². The maximum atomic E-state index is 11.5. The molecular formula is C11H15NO4. The Bertz CT molecular complexity index is 381. The fourth-order valence-corrected chi connectivity index (χ4v) is 1.17. The van der Waals surface area contributed by atoms with Crippen LogP contribution < -0.4 is 0 Å². The molecule has 0 N–H and O–H groups in total. The molecule has 5 nitrogen and oxygen atoms in total. The van der Waals surface area contributed by atoms with Crippen LogP contribution in [0.25, 0.3) is 0 Å². The molecule has 0 atom stereocenters. The van der Waals surface area contributed by atoms with Gasteiger partial charge in [-0.1, -0.05) is 0 Å². The van der Waals surface area contributed by atoms with Crippen LogP contribution >= 0.6 is 0 Å². The molecule has 0 saturated carbocycles. The van der Waals surface area contributed by atoms with Gasteiger partial charge in [0.2, 0.25) is 0 Å². The zero-order valence-electron chi connectivity index (χ0n) is 9.60. The molecule has 0 aliphatic carbocycles. The number of aromatic nitrogens is 1. The number of esters is 2. The highest BCUT2D eigenvalue weighted by molar-refractivity contribution is 5.89. The second-order valence-corrected chi connectivity index (χ2v) is 3.62. The molecule has 1 aromatic rings. The van der Waals surface area contributed by atoms with Crippen LogP contribution in [0.15, 0.2) is 18.3 Å². The summed E-state index contributed by atoms with van der Waals surface area (Å²) >= 11 is 0. The second-order valence-electron chi connectivity index (χ2n) is 3.62. The van der Waals surface area contributed by atoms with Gasteiger partial charge in [0, 0.05) is 13.2 Å².